The van der Waals surface area contributed by atoms with Crippen LogP contribution in [0.5, 0.6) is 11.5 Å². The van der Waals surface area contributed by atoms with Crippen LogP contribution in [0.4, 0.5) is 0 Å². The van der Waals surface area contributed by atoms with Gasteiger partial charge in [0, 0.05) is 11.8 Å². The van der Waals surface area contributed by atoms with E-state index in [0.29, 0.717) is 23.7 Å². The second-order valence-corrected chi connectivity index (χ2v) is 6.41. The summed E-state index contributed by atoms with van der Waals surface area (Å²) in [5.74, 6) is 1.52. The summed E-state index contributed by atoms with van der Waals surface area (Å²) in [5, 5.41) is 6.85. The summed E-state index contributed by atoms with van der Waals surface area (Å²) in [6.07, 6.45) is 1.70. The molecule has 3 rings (SSSR count). The fraction of sp³-hybridized carbons (Fsp3) is 0.286. The van der Waals surface area contributed by atoms with E-state index < -0.39 is 0 Å². The Balaban J connectivity index is 1.71. The Morgan fingerprint density at radius 2 is 2.04 bits per heavy atom. The van der Waals surface area contributed by atoms with Crippen molar-refractivity contribution >= 4 is 5.91 Å². The summed E-state index contributed by atoms with van der Waals surface area (Å²) in [4.78, 5) is 16.8. The molecule has 0 aliphatic carbocycles. The Morgan fingerprint density at radius 3 is 2.68 bits per heavy atom. The van der Waals surface area contributed by atoms with Crippen LogP contribution in [0.1, 0.15) is 46.0 Å². The highest BCUT2D eigenvalue weighted by atomic mass is 16.5. The van der Waals surface area contributed by atoms with Gasteiger partial charge >= 0.3 is 0 Å². The first-order valence-corrected chi connectivity index (χ1v) is 8.94. The van der Waals surface area contributed by atoms with E-state index in [4.69, 9.17) is 14.0 Å². The number of carbonyl (C=O) groups is 1. The average Bonchev–Trinajstić information content (AvgIpc) is 3.04. The summed E-state index contributed by atoms with van der Waals surface area (Å²) in [7, 11) is 1.54. The van der Waals surface area contributed by atoms with Crippen LogP contribution in [0.2, 0.25) is 0 Å². The molecule has 0 saturated carbocycles. The topological polar surface area (TPSA) is 86.5 Å². The van der Waals surface area contributed by atoms with Gasteiger partial charge in [-0.1, -0.05) is 11.2 Å². The van der Waals surface area contributed by atoms with Crippen molar-refractivity contribution in [2.45, 2.75) is 33.4 Å². The number of aryl methyl sites for hydroxylation is 2. The molecule has 0 aliphatic rings. The van der Waals surface area contributed by atoms with Crippen LogP contribution in [0, 0.1) is 13.8 Å². The highest BCUT2D eigenvalue weighted by Crippen LogP contribution is 2.29. The van der Waals surface area contributed by atoms with Crippen molar-refractivity contribution in [3.05, 3.63) is 70.9 Å². The molecule has 1 aromatic carbocycles. The lowest BCUT2D eigenvalue weighted by atomic mass is 10.1. The zero-order valence-corrected chi connectivity index (χ0v) is 16.4. The van der Waals surface area contributed by atoms with Crippen LogP contribution in [0.3, 0.4) is 0 Å². The fourth-order valence-corrected chi connectivity index (χ4v) is 2.77. The van der Waals surface area contributed by atoms with Crippen molar-refractivity contribution in [2.24, 2.45) is 0 Å². The van der Waals surface area contributed by atoms with Gasteiger partial charge in [0.2, 0.25) is 0 Å². The number of ether oxygens (including phenoxy) is 2. The van der Waals surface area contributed by atoms with Gasteiger partial charge < -0.3 is 19.3 Å². The molecule has 0 saturated heterocycles. The van der Waals surface area contributed by atoms with Crippen LogP contribution in [0.25, 0.3) is 0 Å². The van der Waals surface area contributed by atoms with E-state index in [9.17, 15) is 4.79 Å². The summed E-state index contributed by atoms with van der Waals surface area (Å²) >= 11 is 0. The van der Waals surface area contributed by atoms with E-state index in [2.05, 4.69) is 15.5 Å². The highest BCUT2D eigenvalue weighted by molar-refractivity contribution is 5.95. The summed E-state index contributed by atoms with van der Waals surface area (Å²) < 4.78 is 16.4. The van der Waals surface area contributed by atoms with Gasteiger partial charge in [-0.05, 0) is 51.1 Å². The van der Waals surface area contributed by atoms with Crippen LogP contribution < -0.4 is 14.8 Å². The average molecular weight is 381 g/mol. The fourth-order valence-electron chi connectivity index (χ4n) is 2.77. The zero-order chi connectivity index (χ0) is 20.1. The van der Waals surface area contributed by atoms with Crippen LogP contribution in [-0.4, -0.2) is 23.2 Å². The standard InChI is InChI=1S/C21H23N3O4/c1-13-17(15(3)28-24-13)12-27-19-9-8-16(11-20(19)26-4)21(25)23-14(2)18-7-5-6-10-22-18/h5-11,14H,12H2,1-4H3,(H,23,25)/t14-/m0/s1. The Bertz CT molecular complexity index is 934. The molecule has 146 valence electrons. The molecule has 1 N–H and O–H groups in total. The number of methoxy groups -OCH3 is 1. The third-order valence-corrected chi connectivity index (χ3v) is 4.46. The normalized spacial score (nSPS) is 11.7. The number of nitrogens with zero attached hydrogens (tertiary/aromatic N) is 2. The number of pyridine rings is 1. The van der Waals surface area contributed by atoms with Crippen LogP contribution >= 0.6 is 0 Å². The first-order valence-electron chi connectivity index (χ1n) is 8.94. The largest absolute Gasteiger partial charge is 0.493 e. The number of hydrogen-bond acceptors (Lipinski definition) is 6. The second kappa shape index (κ2) is 8.56. The maximum absolute atomic E-state index is 12.6. The lowest BCUT2D eigenvalue weighted by Gasteiger charge is -2.15. The Hall–Kier alpha value is -3.35. The van der Waals surface area contributed by atoms with E-state index in [1.165, 1.54) is 7.11 Å². The van der Waals surface area contributed by atoms with Crippen molar-refractivity contribution in [1.29, 1.82) is 0 Å². The monoisotopic (exact) mass is 381 g/mol. The predicted octanol–water partition coefficient (Wildman–Crippen LogP) is 3.77. The maximum atomic E-state index is 12.6. The quantitative estimate of drug-likeness (QED) is 0.670. The van der Waals surface area contributed by atoms with E-state index in [-0.39, 0.29) is 11.9 Å². The van der Waals surface area contributed by atoms with Gasteiger partial charge in [-0.15, -0.1) is 0 Å². The molecule has 0 fully saturated rings. The summed E-state index contributed by atoms with van der Waals surface area (Å²) in [5.41, 5.74) is 2.95. The van der Waals surface area contributed by atoms with Gasteiger partial charge in [-0.3, -0.25) is 9.78 Å². The lowest BCUT2D eigenvalue weighted by molar-refractivity contribution is 0.0938. The Morgan fingerprint density at radius 1 is 1.21 bits per heavy atom. The van der Waals surface area contributed by atoms with Gasteiger partial charge in [0.15, 0.2) is 11.5 Å². The number of rotatable bonds is 7. The van der Waals surface area contributed by atoms with Crippen LogP contribution in [-0.2, 0) is 6.61 Å². The lowest BCUT2D eigenvalue weighted by Crippen LogP contribution is -2.27. The minimum absolute atomic E-state index is 0.213. The third kappa shape index (κ3) is 4.31. The molecule has 28 heavy (non-hydrogen) atoms. The first-order chi connectivity index (χ1) is 13.5. The molecular formula is C21H23N3O4. The molecular weight excluding hydrogens is 358 g/mol. The molecule has 0 radical (unpaired) electrons. The predicted molar refractivity (Wildman–Crippen MR) is 103 cm³/mol. The van der Waals surface area contributed by atoms with Gasteiger partial charge in [-0.25, -0.2) is 0 Å². The van der Waals surface area contributed by atoms with Gasteiger partial charge in [-0.2, -0.15) is 0 Å². The molecule has 0 spiro atoms. The summed E-state index contributed by atoms with van der Waals surface area (Å²) in [6.45, 7) is 5.90. The first kappa shape index (κ1) is 19.4. The SMILES string of the molecule is COc1cc(C(=O)N[C@@H](C)c2ccccn2)ccc1OCc1c(C)noc1C. The number of aromatic nitrogens is 2. The minimum Gasteiger partial charge on any atom is -0.493 e. The second-order valence-electron chi connectivity index (χ2n) is 6.41. The molecule has 2 aromatic heterocycles. The molecule has 2 heterocycles. The molecule has 7 nitrogen and oxygen atoms in total. The maximum Gasteiger partial charge on any atom is 0.251 e. The van der Waals surface area contributed by atoms with Crippen LogP contribution in [0.15, 0.2) is 47.1 Å². The molecule has 0 unspecified atom stereocenters. The highest BCUT2D eigenvalue weighted by Gasteiger charge is 2.16. The van der Waals surface area contributed by atoms with E-state index >= 15 is 0 Å². The number of benzene rings is 1. The van der Waals surface area contributed by atoms with Gasteiger partial charge in [0.1, 0.15) is 12.4 Å². The third-order valence-electron chi connectivity index (χ3n) is 4.46. The Kier molecular flexibility index (Phi) is 5.93. The van der Waals surface area contributed by atoms with Gasteiger partial charge in [0.05, 0.1) is 30.1 Å². The molecule has 0 bridgehead atoms. The van der Waals surface area contributed by atoms with Crippen molar-refractivity contribution in [3.63, 3.8) is 0 Å². The van der Waals surface area contributed by atoms with Crippen molar-refractivity contribution in [2.75, 3.05) is 7.11 Å². The van der Waals surface area contributed by atoms with E-state index in [1.807, 2.05) is 39.0 Å². The minimum atomic E-state index is -0.214. The number of carbonyl (C=O) groups excluding carboxylic acids is 1. The summed E-state index contributed by atoms with van der Waals surface area (Å²) in [6, 6.07) is 10.5. The zero-order valence-electron chi connectivity index (χ0n) is 16.4. The smallest absolute Gasteiger partial charge is 0.251 e. The Labute approximate surface area is 163 Å². The number of nitrogens with one attached hydrogen (secondary N) is 1. The molecule has 7 heteroatoms. The molecule has 1 amide bonds. The number of amides is 1. The molecule has 3 aromatic rings. The van der Waals surface area contributed by atoms with Crippen molar-refractivity contribution in [1.82, 2.24) is 15.5 Å². The molecule has 1 atom stereocenters. The van der Waals surface area contributed by atoms with E-state index in [0.717, 1.165) is 22.7 Å². The number of hydrogen-bond donors (Lipinski definition) is 1. The van der Waals surface area contributed by atoms with Crippen molar-refractivity contribution in [3.8, 4) is 11.5 Å². The van der Waals surface area contributed by atoms with E-state index in [1.54, 1.807) is 24.4 Å². The van der Waals surface area contributed by atoms with Crippen molar-refractivity contribution < 1.29 is 18.8 Å². The molecule has 0 aliphatic heterocycles. The van der Waals surface area contributed by atoms with Gasteiger partial charge in [0.25, 0.3) is 5.91 Å².